The molecule has 6 nitrogen and oxygen atoms in total. The number of aromatic nitrogens is 2. The van der Waals surface area contributed by atoms with E-state index in [1.165, 1.54) is 0 Å². The van der Waals surface area contributed by atoms with Gasteiger partial charge in [-0.05, 0) is 54.1 Å². The molecule has 156 valence electrons. The number of pyridine rings is 2. The van der Waals surface area contributed by atoms with Gasteiger partial charge in [-0.1, -0.05) is 24.3 Å². The van der Waals surface area contributed by atoms with Crippen molar-refractivity contribution in [2.75, 3.05) is 0 Å². The summed E-state index contributed by atoms with van der Waals surface area (Å²) in [6.45, 7) is 1.47. The molecule has 0 amide bonds. The van der Waals surface area contributed by atoms with E-state index < -0.39 is 5.97 Å². The number of carbonyl (C=O) groups excluding carboxylic acids is 1. The van der Waals surface area contributed by atoms with Gasteiger partial charge in [0, 0.05) is 36.7 Å². The summed E-state index contributed by atoms with van der Waals surface area (Å²) in [5.74, 6) is -0.0469. The third kappa shape index (κ3) is 6.75. The number of para-hydroxylation sites is 1. The zero-order chi connectivity index (χ0) is 22.1. The van der Waals surface area contributed by atoms with Crippen molar-refractivity contribution in [2.45, 2.75) is 20.0 Å². The second-order valence-electron chi connectivity index (χ2n) is 6.78. The highest BCUT2D eigenvalue weighted by molar-refractivity contribution is 5.97. The van der Waals surface area contributed by atoms with Crippen LogP contribution in [0.3, 0.4) is 0 Å². The molecule has 0 bridgehead atoms. The van der Waals surface area contributed by atoms with Crippen LogP contribution in [0.4, 0.5) is 0 Å². The van der Waals surface area contributed by atoms with Crippen molar-refractivity contribution in [2.24, 2.45) is 0 Å². The number of nitrogens with zero attached hydrogens (tertiary/aromatic N) is 2. The van der Waals surface area contributed by atoms with Crippen molar-refractivity contribution in [3.05, 3.63) is 102 Å². The monoisotopic (exact) mass is 414 g/mol. The molecular weight excluding hydrogens is 392 g/mol. The molecule has 6 heteroatoms. The first kappa shape index (κ1) is 21.6. The predicted molar refractivity (Wildman–Crippen MR) is 118 cm³/mol. The van der Waals surface area contributed by atoms with E-state index >= 15 is 0 Å². The number of ether oxygens (including phenoxy) is 1. The molecule has 0 aliphatic rings. The Morgan fingerprint density at radius 3 is 2.29 bits per heavy atom. The van der Waals surface area contributed by atoms with E-state index in [0.717, 1.165) is 29.1 Å². The number of benzene rings is 2. The van der Waals surface area contributed by atoms with E-state index in [1.54, 1.807) is 24.5 Å². The number of carboxylic acids is 1. The standard InChI is InChI=1S/C23H18N2O2.C2H4O2/c26-23(15-17-11-13-24-14-12-17)19-6-9-21(10-7-19)27-16-20-8-5-18-3-1-2-4-22(18)25-20;1-2(3)4/h1-14H,15-16H2;1H3,(H,3,4). The Hall–Kier alpha value is -4.06. The summed E-state index contributed by atoms with van der Waals surface area (Å²) in [5, 5.41) is 8.53. The zero-order valence-corrected chi connectivity index (χ0v) is 17.1. The lowest BCUT2D eigenvalue weighted by molar-refractivity contribution is -0.134. The Morgan fingerprint density at radius 2 is 1.58 bits per heavy atom. The van der Waals surface area contributed by atoms with Gasteiger partial charge in [0.25, 0.3) is 5.97 Å². The molecule has 4 rings (SSSR count). The SMILES string of the molecule is CC(=O)O.O=C(Cc1ccncc1)c1ccc(OCc2ccc3ccccc3n2)cc1. The van der Waals surface area contributed by atoms with Crippen molar-refractivity contribution in [1.29, 1.82) is 0 Å². The number of fused-ring (bicyclic) bond motifs is 1. The molecule has 0 saturated heterocycles. The molecule has 1 N–H and O–H groups in total. The van der Waals surface area contributed by atoms with E-state index in [2.05, 4.69) is 9.97 Å². The zero-order valence-electron chi connectivity index (χ0n) is 17.1. The highest BCUT2D eigenvalue weighted by Gasteiger charge is 2.07. The molecule has 0 spiro atoms. The van der Waals surface area contributed by atoms with Gasteiger partial charge in [-0.2, -0.15) is 0 Å². The lowest BCUT2D eigenvalue weighted by Crippen LogP contribution is -2.04. The summed E-state index contributed by atoms with van der Waals surface area (Å²) < 4.78 is 5.81. The molecule has 2 aromatic heterocycles. The van der Waals surface area contributed by atoms with Crippen LogP contribution >= 0.6 is 0 Å². The molecule has 0 atom stereocenters. The topological polar surface area (TPSA) is 89.4 Å². The molecule has 0 aliphatic heterocycles. The quantitative estimate of drug-likeness (QED) is 0.459. The number of rotatable bonds is 6. The summed E-state index contributed by atoms with van der Waals surface area (Å²) in [5.41, 5.74) is 3.45. The van der Waals surface area contributed by atoms with Crippen molar-refractivity contribution in [1.82, 2.24) is 9.97 Å². The first-order valence-corrected chi connectivity index (χ1v) is 9.70. The molecule has 4 aromatic rings. The van der Waals surface area contributed by atoms with Gasteiger partial charge in [-0.25, -0.2) is 4.98 Å². The Bertz CT molecular complexity index is 1150. The summed E-state index contributed by atoms with van der Waals surface area (Å²) in [6.07, 6.45) is 3.75. The molecule has 2 aromatic carbocycles. The van der Waals surface area contributed by atoms with Crippen LogP contribution < -0.4 is 4.74 Å². The maximum absolute atomic E-state index is 12.4. The van der Waals surface area contributed by atoms with Gasteiger partial charge in [0.15, 0.2) is 5.78 Å². The van der Waals surface area contributed by atoms with Gasteiger partial charge in [-0.15, -0.1) is 0 Å². The number of aliphatic carboxylic acids is 1. The third-order valence-electron chi connectivity index (χ3n) is 4.33. The van der Waals surface area contributed by atoms with Crippen LogP contribution in [0.2, 0.25) is 0 Å². The minimum absolute atomic E-state index is 0.0731. The van der Waals surface area contributed by atoms with Gasteiger partial charge in [0.2, 0.25) is 0 Å². The van der Waals surface area contributed by atoms with Crippen LogP contribution in [0.5, 0.6) is 5.75 Å². The van der Waals surface area contributed by atoms with Crippen molar-refractivity contribution in [3.63, 3.8) is 0 Å². The van der Waals surface area contributed by atoms with Crippen LogP contribution in [0, 0.1) is 0 Å². The average Bonchev–Trinajstić information content (AvgIpc) is 2.78. The molecule has 0 fully saturated rings. The summed E-state index contributed by atoms with van der Waals surface area (Å²) >= 11 is 0. The normalized spacial score (nSPS) is 10.1. The van der Waals surface area contributed by atoms with E-state index in [4.69, 9.17) is 14.6 Å². The van der Waals surface area contributed by atoms with Gasteiger partial charge < -0.3 is 9.84 Å². The van der Waals surface area contributed by atoms with E-state index in [-0.39, 0.29) is 5.78 Å². The minimum Gasteiger partial charge on any atom is -0.487 e. The minimum atomic E-state index is -0.833. The van der Waals surface area contributed by atoms with E-state index in [1.807, 2.05) is 60.7 Å². The van der Waals surface area contributed by atoms with Crippen LogP contribution in [-0.4, -0.2) is 26.8 Å². The Morgan fingerprint density at radius 1 is 0.903 bits per heavy atom. The van der Waals surface area contributed by atoms with Crippen molar-refractivity contribution in [3.8, 4) is 5.75 Å². The van der Waals surface area contributed by atoms with E-state index in [9.17, 15) is 4.79 Å². The molecule has 0 unspecified atom stereocenters. The number of hydrogen-bond donors (Lipinski definition) is 1. The van der Waals surface area contributed by atoms with Crippen molar-refractivity contribution < 1.29 is 19.4 Å². The Labute approximate surface area is 180 Å². The number of carbonyl (C=O) groups is 2. The van der Waals surface area contributed by atoms with Crippen LogP contribution in [0.25, 0.3) is 10.9 Å². The summed E-state index contributed by atoms with van der Waals surface area (Å²) in [7, 11) is 0. The Balaban J connectivity index is 0.000000628. The largest absolute Gasteiger partial charge is 0.487 e. The number of hydrogen-bond acceptors (Lipinski definition) is 5. The first-order valence-electron chi connectivity index (χ1n) is 9.70. The Kier molecular flexibility index (Phi) is 7.43. The van der Waals surface area contributed by atoms with Crippen LogP contribution in [0.1, 0.15) is 28.5 Å². The second kappa shape index (κ2) is 10.6. The summed E-state index contributed by atoms with van der Waals surface area (Å²) in [6, 6.07) is 23.0. The van der Waals surface area contributed by atoms with Crippen molar-refractivity contribution >= 4 is 22.7 Å². The number of carboxylic acid groups (broad SMARTS) is 1. The van der Waals surface area contributed by atoms with E-state index in [0.29, 0.717) is 24.3 Å². The smallest absolute Gasteiger partial charge is 0.300 e. The van der Waals surface area contributed by atoms with Crippen LogP contribution in [-0.2, 0) is 17.8 Å². The van der Waals surface area contributed by atoms with Crippen LogP contribution in [0.15, 0.2) is 85.2 Å². The number of Topliss-reactive ketones (excluding diaryl/α,β-unsaturated/α-hetero) is 1. The third-order valence-corrected chi connectivity index (χ3v) is 4.33. The second-order valence-corrected chi connectivity index (χ2v) is 6.78. The van der Waals surface area contributed by atoms with Gasteiger partial charge in [0.05, 0.1) is 11.2 Å². The predicted octanol–water partition coefficient (Wildman–Crippen LogP) is 4.73. The highest BCUT2D eigenvalue weighted by Crippen LogP contribution is 2.17. The van der Waals surface area contributed by atoms with Gasteiger partial charge in [-0.3, -0.25) is 14.6 Å². The number of ketones is 1. The maximum Gasteiger partial charge on any atom is 0.300 e. The fourth-order valence-electron chi connectivity index (χ4n) is 2.87. The lowest BCUT2D eigenvalue weighted by Gasteiger charge is -2.08. The maximum atomic E-state index is 12.4. The average molecular weight is 414 g/mol. The first-order chi connectivity index (χ1) is 15.0. The molecule has 2 heterocycles. The van der Waals surface area contributed by atoms with Gasteiger partial charge >= 0.3 is 0 Å². The summed E-state index contributed by atoms with van der Waals surface area (Å²) in [4.78, 5) is 29.9. The fourth-order valence-corrected chi connectivity index (χ4v) is 2.87. The lowest BCUT2D eigenvalue weighted by atomic mass is 10.0. The molecule has 31 heavy (non-hydrogen) atoms. The molecule has 0 saturated carbocycles. The molecular formula is C25H22N2O4. The molecule has 0 aliphatic carbocycles. The highest BCUT2D eigenvalue weighted by atomic mass is 16.5. The fraction of sp³-hybridized carbons (Fsp3) is 0.120. The molecule has 0 radical (unpaired) electrons. The van der Waals surface area contributed by atoms with Gasteiger partial charge in [0.1, 0.15) is 12.4 Å².